The van der Waals surface area contributed by atoms with Gasteiger partial charge in [0.2, 0.25) is 0 Å². The van der Waals surface area contributed by atoms with E-state index in [0.29, 0.717) is 5.82 Å². The minimum Gasteiger partial charge on any atom is -0.478 e. The maximum absolute atomic E-state index is 11.1. The summed E-state index contributed by atoms with van der Waals surface area (Å²) in [4.78, 5) is 15.5. The molecule has 5 heteroatoms. The van der Waals surface area contributed by atoms with Crippen LogP contribution in [0.4, 0.5) is 0 Å². The van der Waals surface area contributed by atoms with Crippen LogP contribution in [-0.2, 0) is 0 Å². The van der Waals surface area contributed by atoms with Gasteiger partial charge >= 0.3 is 5.97 Å². The van der Waals surface area contributed by atoms with Crippen molar-refractivity contribution in [3.05, 3.63) is 41.3 Å². The quantitative estimate of drug-likeness (QED) is 0.901. The Morgan fingerprint density at radius 1 is 1.39 bits per heavy atom. The van der Waals surface area contributed by atoms with Crippen molar-refractivity contribution in [2.75, 3.05) is 0 Å². The zero-order valence-electron chi connectivity index (χ0n) is 10.6. The van der Waals surface area contributed by atoms with Crippen LogP contribution < -0.4 is 0 Å². The molecule has 0 fully saturated rings. The number of carboxylic acids is 1. The Labute approximate surface area is 105 Å². The molecule has 2 aromatic heterocycles. The monoisotopic (exact) mass is 245 g/mol. The van der Waals surface area contributed by atoms with E-state index in [0.717, 1.165) is 11.3 Å². The zero-order chi connectivity index (χ0) is 13.3. The second-order valence-electron chi connectivity index (χ2n) is 4.56. The predicted octanol–water partition coefficient (Wildman–Crippen LogP) is 2.40. The lowest BCUT2D eigenvalue weighted by Crippen LogP contribution is -2.07. The molecule has 2 rings (SSSR count). The third-order valence-corrected chi connectivity index (χ3v) is 2.62. The molecule has 18 heavy (non-hydrogen) atoms. The highest BCUT2D eigenvalue weighted by Gasteiger charge is 2.12. The smallest absolute Gasteiger partial charge is 0.335 e. The molecule has 0 bridgehead atoms. The number of hydrogen-bond donors (Lipinski definition) is 1. The molecule has 0 spiro atoms. The molecule has 0 amide bonds. The number of carboxylic acid groups (broad SMARTS) is 1. The number of pyridine rings is 1. The summed E-state index contributed by atoms with van der Waals surface area (Å²) in [5.74, 6) is -0.254. The van der Waals surface area contributed by atoms with Crippen LogP contribution in [0.15, 0.2) is 24.5 Å². The van der Waals surface area contributed by atoms with Gasteiger partial charge in [-0.05, 0) is 30.5 Å². The van der Waals surface area contributed by atoms with Crippen molar-refractivity contribution < 1.29 is 9.90 Å². The molecule has 0 unspecified atom stereocenters. The first-order valence-electron chi connectivity index (χ1n) is 5.74. The van der Waals surface area contributed by atoms with E-state index >= 15 is 0 Å². The standard InChI is InChI=1S/C13H15N3O2/c1-8(2)11-4-10(13(17)18)5-12(15-11)16-7-9(3)6-14-16/h4-8H,1-3H3,(H,17,18). The van der Waals surface area contributed by atoms with E-state index < -0.39 is 5.97 Å². The second-order valence-corrected chi connectivity index (χ2v) is 4.56. The van der Waals surface area contributed by atoms with Gasteiger partial charge in [-0.25, -0.2) is 14.5 Å². The largest absolute Gasteiger partial charge is 0.478 e. The first kappa shape index (κ1) is 12.3. The van der Waals surface area contributed by atoms with Crippen LogP contribution in [0.2, 0.25) is 0 Å². The van der Waals surface area contributed by atoms with Crippen LogP contribution in [0.5, 0.6) is 0 Å². The average Bonchev–Trinajstić information content (AvgIpc) is 2.75. The topological polar surface area (TPSA) is 68.0 Å². The molecule has 0 aliphatic carbocycles. The minimum atomic E-state index is -0.954. The maximum atomic E-state index is 11.1. The number of aromatic nitrogens is 3. The van der Waals surface area contributed by atoms with Crippen molar-refractivity contribution in [3.8, 4) is 5.82 Å². The Balaban J connectivity index is 2.56. The lowest BCUT2D eigenvalue weighted by molar-refractivity contribution is 0.0696. The zero-order valence-corrected chi connectivity index (χ0v) is 10.6. The fourth-order valence-electron chi connectivity index (χ4n) is 1.61. The van der Waals surface area contributed by atoms with E-state index in [4.69, 9.17) is 5.11 Å². The van der Waals surface area contributed by atoms with E-state index in [-0.39, 0.29) is 11.5 Å². The molecular weight excluding hydrogens is 230 g/mol. The van der Waals surface area contributed by atoms with E-state index in [1.54, 1.807) is 16.9 Å². The number of aromatic carboxylic acids is 1. The molecule has 0 saturated heterocycles. The van der Waals surface area contributed by atoms with Gasteiger partial charge in [0, 0.05) is 11.9 Å². The van der Waals surface area contributed by atoms with Gasteiger partial charge in [0.1, 0.15) is 0 Å². The number of aryl methyl sites for hydroxylation is 1. The first-order chi connectivity index (χ1) is 8.47. The van der Waals surface area contributed by atoms with Gasteiger partial charge in [-0.1, -0.05) is 13.8 Å². The summed E-state index contributed by atoms with van der Waals surface area (Å²) >= 11 is 0. The van der Waals surface area contributed by atoms with Crippen LogP contribution in [0.1, 0.15) is 41.4 Å². The van der Waals surface area contributed by atoms with E-state index in [9.17, 15) is 4.79 Å². The van der Waals surface area contributed by atoms with Gasteiger partial charge in [-0.2, -0.15) is 5.10 Å². The molecule has 2 heterocycles. The first-order valence-corrected chi connectivity index (χ1v) is 5.74. The highest BCUT2D eigenvalue weighted by molar-refractivity contribution is 5.88. The highest BCUT2D eigenvalue weighted by Crippen LogP contribution is 2.17. The van der Waals surface area contributed by atoms with Gasteiger partial charge in [-0.3, -0.25) is 0 Å². The highest BCUT2D eigenvalue weighted by atomic mass is 16.4. The minimum absolute atomic E-state index is 0.166. The lowest BCUT2D eigenvalue weighted by atomic mass is 10.1. The fourth-order valence-corrected chi connectivity index (χ4v) is 1.61. The van der Waals surface area contributed by atoms with E-state index in [2.05, 4.69) is 10.1 Å². The molecule has 5 nitrogen and oxygen atoms in total. The average molecular weight is 245 g/mol. The van der Waals surface area contributed by atoms with Gasteiger partial charge in [-0.15, -0.1) is 0 Å². The van der Waals surface area contributed by atoms with Crippen LogP contribution in [0.25, 0.3) is 5.82 Å². The number of carbonyl (C=O) groups is 1. The van der Waals surface area contributed by atoms with Crippen molar-refractivity contribution in [2.24, 2.45) is 0 Å². The van der Waals surface area contributed by atoms with Gasteiger partial charge in [0.25, 0.3) is 0 Å². The summed E-state index contributed by atoms with van der Waals surface area (Å²) in [6.45, 7) is 5.88. The summed E-state index contributed by atoms with van der Waals surface area (Å²) in [6.07, 6.45) is 3.53. The molecule has 0 aromatic carbocycles. The molecule has 0 radical (unpaired) electrons. The summed E-state index contributed by atoms with van der Waals surface area (Å²) < 4.78 is 1.59. The van der Waals surface area contributed by atoms with Gasteiger partial charge < -0.3 is 5.11 Å². The van der Waals surface area contributed by atoms with Crippen molar-refractivity contribution in [3.63, 3.8) is 0 Å². The van der Waals surface area contributed by atoms with Crippen molar-refractivity contribution in [1.29, 1.82) is 0 Å². The number of hydrogen-bond acceptors (Lipinski definition) is 3. The Morgan fingerprint density at radius 2 is 2.11 bits per heavy atom. The predicted molar refractivity (Wildman–Crippen MR) is 67.1 cm³/mol. The molecule has 2 aromatic rings. The second kappa shape index (κ2) is 4.60. The SMILES string of the molecule is Cc1cnn(-c2cc(C(=O)O)cc(C(C)C)n2)c1. The number of rotatable bonds is 3. The van der Waals surface area contributed by atoms with Crippen molar-refractivity contribution >= 4 is 5.97 Å². The molecule has 0 atom stereocenters. The Kier molecular flexibility index (Phi) is 3.14. The van der Waals surface area contributed by atoms with Crippen LogP contribution in [-0.4, -0.2) is 25.8 Å². The number of nitrogens with zero attached hydrogens (tertiary/aromatic N) is 3. The third kappa shape index (κ3) is 2.40. The molecule has 1 N–H and O–H groups in total. The molecule has 0 aliphatic heterocycles. The summed E-state index contributed by atoms with van der Waals surface area (Å²) in [5.41, 5.74) is 1.98. The molecule has 94 valence electrons. The summed E-state index contributed by atoms with van der Waals surface area (Å²) in [5, 5.41) is 13.3. The van der Waals surface area contributed by atoms with Crippen LogP contribution in [0, 0.1) is 6.92 Å². The maximum Gasteiger partial charge on any atom is 0.335 e. The Morgan fingerprint density at radius 3 is 2.61 bits per heavy atom. The van der Waals surface area contributed by atoms with E-state index in [1.807, 2.05) is 27.0 Å². The third-order valence-electron chi connectivity index (χ3n) is 2.62. The van der Waals surface area contributed by atoms with E-state index in [1.165, 1.54) is 6.07 Å². The Hall–Kier alpha value is -2.17. The summed E-state index contributed by atoms with van der Waals surface area (Å²) in [7, 11) is 0. The van der Waals surface area contributed by atoms with Gasteiger partial charge in [0.05, 0.1) is 11.8 Å². The fraction of sp³-hybridized carbons (Fsp3) is 0.308. The van der Waals surface area contributed by atoms with Gasteiger partial charge in [0.15, 0.2) is 5.82 Å². The van der Waals surface area contributed by atoms with Crippen LogP contribution in [0.3, 0.4) is 0 Å². The van der Waals surface area contributed by atoms with Crippen LogP contribution >= 0.6 is 0 Å². The van der Waals surface area contributed by atoms with Crippen molar-refractivity contribution in [2.45, 2.75) is 26.7 Å². The molecular formula is C13H15N3O2. The molecule has 0 aliphatic rings. The molecule has 0 saturated carbocycles. The Bertz CT molecular complexity index is 588. The van der Waals surface area contributed by atoms with Crippen molar-refractivity contribution in [1.82, 2.24) is 14.8 Å². The summed E-state index contributed by atoms with van der Waals surface area (Å²) in [6, 6.07) is 3.13. The normalized spacial score (nSPS) is 10.9. The lowest BCUT2D eigenvalue weighted by Gasteiger charge is -2.09.